The molecule has 0 aliphatic carbocycles. The van der Waals surface area contributed by atoms with Crippen molar-refractivity contribution in [3.8, 4) is 0 Å². The molecule has 0 atom stereocenters. The summed E-state index contributed by atoms with van der Waals surface area (Å²) < 4.78 is 0. The number of aromatic nitrogens is 2. The van der Waals surface area contributed by atoms with Crippen molar-refractivity contribution >= 4 is 11.3 Å². The van der Waals surface area contributed by atoms with E-state index in [0.717, 1.165) is 25.9 Å². The van der Waals surface area contributed by atoms with Crippen LogP contribution in [0, 0.1) is 5.92 Å². The van der Waals surface area contributed by atoms with Gasteiger partial charge in [0.25, 0.3) is 0 Å². The molecule has 3 nitrogen and oxygen atoms in total. The minimum atomic E-state index is 0.642. The highest BCUT2D eigenvalue weighted by molar-refractivity contribution is 7.11. The van der Waals surface area contributed by atoms with Crippen molar-refractivity contribution in [2.45, 2.75) is 40.2 Å². The largest absolute Gasteiger partial charge is 0.312 e. The van der Waals surface area contributed by atoms with E-state index in [1.165, 1.54) is 21.1 Å². The molecule has 0 unspecified atom stereocenters. The third-order valence-corrected chi connectivity index (χ3v) is 4.14. The van der Waals surface area contributed by atoms with Crippen LogP contribution in [0.2, 0.25) is 0 Å². The van der Waals surface area contributed by atoms with E-state index in [4.69, 9.17) is 4.98 Å². The van der Waals surface area contributed by atoms with Gasteiger partial charge in [-0.25, -0.2) is 4.98 Å². The van der Waals surface area contributed by atoms with E-state index in [1.54, 1.807) is 0 Å². The van der Waals surface area contributed by atoms with Crippen LogP contribution in [0.3, 0.4) is 0 Å². The standard InChI is InChI=1S/C16H23N3S/c1-4-17-11-15-14(8-12(2)3)19-16(20-15)9-13-6-5-7-18-10-13/h5-7,10,12,17H,4,8-9,11H2,1-3H3. The number of nitrogens with zero attached hydrogens (tertiary/aromatic N) is 2. The summed E-state index contributed by atoms with van der Waals surface area (Å²) in [6.45, 7) is 8.56. The topological polar surface area (TPSA) is 37.8 Å². The van der Waals surface area contributed by atoms with Crippen LogP contribution in [0.25, 0.3) is 0 Å². The molecule has 0 amide bonds. The molecule has 4 heteroatoms. The Morgan fingerprint density at radius 1 is 1.35 bits per heavy atom. The van der Waals surface area contributed by atoms with Crippen molar-refractivity contribution in [2.75, 3.05) is 6.54 Å². The van der Waals surface area contributed by atoms with E-state index in [-0.39, 0.29) is 0 Å². The van der Waals surface area contributed by atoms with E-state index in [0.29, 0.717) is 5.92 Å². The van der Waals surface area contributed by atoms with Crippen LogP contribution in [0.5, 0.6) is 0 Å². The van der Waals surface area contributed by atoms with Crippen LogP contribution >= 0.6 is 11.3 Å². The van der Waals surface area contributed by atoms with E-state index in [2.05, 4.69) is 37.1 Å². The lowest BCUT2D eigenvalue weighted by atomic mass is 10.1. The third-order valence-electron chi connectivity index (χ3n) is 3.04. The molecular weight excluding hydrogens is 266 g/mol. The fraction of sp³-hybridized carbons (Fsp3) is 0.500. The summed E-state index contributed by atoms with van der Waals surface area (Å²) in [5.41, 5.74) is 2.50. The highest BCUT2D eigenvalue weighted by Gasteiger charge is 2.12. The first-order valence-electron chi connectivity index (χ1n) is 7.26. The van der Waals surface area contributed by atoms with Gasteiger partial charge in [-0.15, -0.1) is 11.3 Å². The van der Waals surface area contributed by atoms with Gasteiger partial charge >= 0.3 is 0 Å². The number of pyridine rings is 1. The van der Waals surface area contributed by atoms with Gasteiger partial charge in [0.05, 0.1) is 10.7 Å². The molecule has 20 heavy (non-hydrogen) atoms. The Morgan fingerprint density at radius 2 is 2.20 bits per heavy atom. The van der Waals surface area contributed by atoms with Gasteiger partial charge in [0.1, 0.15) is 0 Å². The smallest absolute Gasteiger partial charge is 0.0976 e. The molecule has 0 aliphatic rings. The average molecular weight is 289 g/mol. The Balaban J connectivity index is 2.14. The summed E-state index contributed by atoms with van der Waals surface area (Å²) in [6.07, 6.45) is 5.68. The molecule has 2 aromatic heterocycles. The molecule has 0 saturated carbocycles. The molecule has 2 rings (SSSR count). The molecule has 108 valence electrons. The maximum atomic E-state index is 4.85. The molecule has 0 radical (unpaired) electrons. The molecular formula is C16H23N3S. The van der Waals surface area contributed by atoms with Crippen LogP contribution in [0.4, 0.5) is 0 Å². The Bertz CT molecular complexity index is 520. The fourth-order valence-electron chi connectivity index (χ4n) is 2.11. The number of nitrogens with one attached hydrogen (secondary N) is 1. The summed E-state index contributed by atoms with van der Waals surface area (Å²) in [6, 6.07) is 4.10. The molecule has 2 aromatic rings. The zero-order valence-corrected chi connectivity index (χ0v) is 13.3. The summed E-state index contributed by atoms with van der Waals surface area (Å²) in [5, 5.41) is 4.61. The summed E-state index contributed by atoms with van der Waals surface area (Å²) in [5.74, 6) is 0.642. The molecule has 2 heterocycles. The normalized spacial score (nSPS) is 11.2. The predicted molar refractivity (Wildman–Crippen MR) is 85.1 cm³/mol. The average Bonchev–Trinajstić information content (AvgIpc) is 2.78. The van der Waals surface area contributed by atoms with Crippen molar-refractivity contribution < 1.29 is 0 Å². The molecule has 0 spiro atoms. The Hall–Kier alpha value is -1.26. The summed E-state index contributed by atoms with van der Waals surface area (Å²) in [7, 11) is 0. The second-order valence-electron chi connectivity index (χ2n) is 5.39. The van der Waals surface area contributed by atoms with Gasteiger partial charge in [-0.3, -0.25) is 4.98 Å². The van der Waals surface area contributed by atoms with Crippen LogP contribution in [-0.4, -0.2) is 16.5 Å². The molecule has 0 aliphatic heterocycles. The minimum absolute atomic E-state index is 0.642. The minimum Gasteiger partial charge on any atom is -0.312 e. The fourth-order valence-corrected chi connectivity index (χ4v) is 3.21. The SMILES string of the molecule is CCNCc1sc(Cc2cccnc2)nc1CC(C)C. The van der Waals surface area contributed by atoms with Crippen molar-refractivity contribution in [1.29, 1.82) is 0 Å². The Labute approximate surface area is 125 Å². The number of thiazole rings is 1. The van der Waals surface area contributed by atoms with Crippen LogP contribution in [0.15, 0.2) is 24.5 Å². The summed E-state index contributed by atoms with van der Waals surface area (Å²) in [4.78, 5) is 10.4. The lowest BCUT2D eigenvalue weighted by Crippen LogP contribution is -2.12. The van der Waals surface area contributed by atoms with Crippen LogP contribution < -0.4 is 5.32 Å². The lowest BCUT2D eigenvalue weighted by molar-refractivity contribution is 0.626. The number of hydrogen-bond donors (Lipinski definition) is 1. The zero-order valence-electron chi connectivity index (χ0n) is 12.5. The van der Waals surface area contributed by atoms with Crippen molar-refractivity contribution in [3.63, 3.8) is 0 Å². The lowest BCUT2D eigenvalue weighted by Gasteiger charge is -2.04. The van der Waals surface area contributed by atoms with E-state index >= 15 is 0 Å². The summed E-state index contributed by atoms with van der Waals surface area (Å²) >= 11 is 1.83. The van der Waals surface area contributed by atoms with Crippen molar-refractivity contribution in [1.82, 2.24) is 15.3 Å². The van der Waals surface area contributed by atoms with Crippen LogP contribution in [0.1, 0.15) is 41.9 Å². The first-order valence-corrected chi connectivity index (χ1v) is 8.07. The monoisotopic (exact) mass is 289 g/mol. The zero-order chi connectivity index (χ0) is 14.4. The van der Waals surface area contributed by atoms with Gasteiger partial charge in [-0.05, 0) is 30.5 Å². The number of hydrogen-bond acceptors (Lipinski definition) is 4. The highest BCUT2D eigenvalue weighted by Crippen LogP contribution is 2.23. The van der Waals surface area contributed by atoms with Crippen molar-refractivity contribution in [3.05, 3.63) is 45.7 Å². The van der Waals surface area contributed by atoms with Gasteiger partial charge in [-0.1, -0.05) is 26.8 Å². The quantitative estimate of drug-likeness (QED) is 0.848. The highest BCUT2D eigenvalue weighted by atomic mass is 32.1. The van der Waals surface area contributed by atoms with Crippen molar-refractivity contribution in [2.24, 2.45) is 5.92 Å². The van der Waals surface area contributed by atoms with E-state index in [1.807, 2.05) is 29.8 Å². The first-order chi connectivity index (χ1) is 9.69. The first kappa shape index (κ1) is 15.1. The molecule has 0 fully saturated rings. The second kappa shape index (κ2) is 7.50. The van der Waals surface area contributed by atoms with Gasteiger partial charge in [-0.2, -0.15) is 0 Å². The van der Waals surface area contributed by atoms with E-state index < -0.39 is 0 Å². The molecule has 0 bridgehead atoms. The predicted octanol–water partition coefficient (Wildman–Crippen LogP) is 3.44. The molecule has 1 N–H and O–H groups in total. The van der Waals surface area contributed by atoms with E-state index in [9.17, 15) is 0 Å². The van der Waals surface area contributed by atoms with Gasteiger partial charge in [0, 0.05) is 30.2 Å². The maximum absolute atomic E-state index is 4.85. The third kappa shape index (κ3) is 4.39. The maximum Gasteiger partial charge on any atom is 0.0976 e. The second-order valence-corrected chi connectivity index (χ2v) is 6.56. The van der Waals surface area contributed by atoms with Gasteiger partial charge < -0.3 is 5.32 Å². The van der Waals surface area contributed by atoms with Gasteiger partial charge in [0.2, 0.25) is 0 Å². The Kier molecular flexibility index (Phi) is 5.68. The Morgan fingerprint density at radius 3 is 2.85 bits per heavy atom. The van der Waals surface area contributed by atoms with Gasteiger partial charge in [0.15, 0.2) is 0 Å². The number of rotatable bonds is 7. The molecule has 0 saturated heterocycles. The van der Waals surface area contributed by atoms with Crippen LogP contribution in [-0.2, 0) is 19.4 Å². The molecule has 0 aromatic carbocycles.